The summed E-state index contributed by atoms with van der Waals surface area (Å²) >= 11 is 5.45. The molecule has 166 valence electrons. The third kappa shape index (κ3) is 9.67. The molecule has 0 saturated heterocycles. The van der Waals surface area contributed by atoms with Gasteiger partial charge < -0.3 is 10.2 Å². The number of nitriles is 2. The highest BCUT2D eigenvalue weighted by Crippen LogP contribution is 2.21. The summed E-state index contributed by atoms with van der Waals surface area (Å²) < 4.78 is 0.653. The fourth-order valence-electron chi connectivity index (χ4n) is 1.99. The number of hydrogen-bond acceptors (Lipinski definition) is 7. The van der Waals surface area contributed by atoms with Gasteiger partial charge in [-0.05, 0) is 44.4 Å². The fourth-order valence-corrected chi connectivity index (χ4v) is 4.13. The minimum absolute atomic E-state index is 0. The summed E-state index contributed by atoms with van der Waals surface area (Å²) in [6.45, 7) is 0. The Morgan fingerprint density at radius 3 is 1.88 bits per heavy atom. The minimum atomic E-state index is -0.953. The Labute approximate surface area is 201 Å². The van der Waals surface area contributed by atoms with E-state index < -0.39 is 11.9 Å². The highest BCUT2D eigenvalue weighted by atomic mass is 79.9. The Bertz CT molecular complexity index is 1110. The lowest BCUT2D eigenvalue weighted by molar-refractivity contribution is 0.0690. The molecule has 10 heteroatoms. The number of halogens is 1. The van der Waals surface area contributed by atoms with Crippen molar-refractivity contribution in [3.05, 3.63) is 78.6 Å². The van der Waals surface area contributed by atoms with Crippen LogP contribution in [0.4, 0.5) is 0 Å². The summed E-state index contributed by atoms with van der Waals surface area (Å²) in [7, 11) is 0. The highest BCUT2D eigenvalue weighted by molar-refractivity contribution is 9.10. The molecule has 32 heavy (non-hydrogen) atoms. The molecule has 3 rings (SSSR count). The first-order valence-electron chi connectivity index (χ1n) is 8.39. The van der Waals surface area contributed by atoms with E-state index in [1.54, 1.807) is 47.2 Å². The van der Waals surface area contributed by atoms with Gasteiger partial charge in [0.15, 0.2) is 5.78 Å². The van der Waals surface area contributed by atoms with Gasteiger partial charge in [-0.3, -0.25) is 4.79 Å². The lowest BCUT2D eigenvalue weighted by Crippen LogP contribution is -1.96. The van der Waals surface area contributed by atoms with Crippen LogP contribution in [0.25, 0.3) is 0 Å². The van der Waals surface area contributed by atoms with E-state index >= 15 is 0 Å². The molecule has 3 aromatic rings. The van der Waals surface area contributed by atoms with Gasteiger partial charge in [0.2, 0.25) is 0 Å². The molecule has 0 spiro atoms. The molecule has 0 aliphatic heterocycles. The van der Waals surface area contributed by atoms with Crippen LogP contribution in [-0.2, 0) is 6.42 Å². The average Bonchev–Trinajstić information content (AvgIpc) is 3.39. The van der Waals surface area contributed by atoms with E-state index in [1.165, 1.54) is 11.3 Å². The lowest BCUT2D eigenvalue weighted by Gasteiger charge is -1.92. The SMILES string of the molecule is C.N#CCC(=O)c1ccccc1.N#CCc1ccsc1C(=O)O.O=C(O)c1sccc1Br. The largest absolute Gasteiger partial charge is 0.477 e. The van der Waals surface area contributed by atoms with Gasteiger partial charge >= 0.3 is 11.9 Å². The van der Waals surface area contributed by atoms with Gasteiger partial charge in [0.25, 0.3) is 0 Å². The van der Waals surface area contributed by atoms with E-state index in [-0.39, 0.29) is 30.9 Å². The number of aromatic carboxylic acids is 2. The number of carbonyl (C=O) groups is 3. The number of carboxylic acids is 2. The second kappa shape index (κ2) is 15.5. The maximum atomic E-state index is 11.0. The number of benzene rings is 1. The maximum absolute atomic E-state index is 11.0. The molecule has 0 amide bonds. The van der Waals surface area contributed by atoms with Crippen LogP contribution in [0.15, 0.2) is 57.7 Å². The number of ketones is 1. The van der Waals surface area contributed by atoms with E-state index in [2.05, 4.69) is 15.9 Å². The second-order valence-electron chi connectivity index (χ2n) is 5.44. The minimum Gasteiger partial charge on any atom is -0.477 e. The number of carboxylic acid groups (broad SMARTS) is 2. The quantitative estimate of drug-likeness (QED) is 0.374. The normalized spacial score (nSPS) is 8.72. The van der Waals surface area contributed by atoms with Crippen molar-refractivity contribution in [1.82, 2.24) is 0 Å². The molecule has 0 aliphatic carbocycles. The van der Waals surface area contributed by atoms with E-state index in [4.69, 9.17) is 20.7 Å². The summed E-state index contributed by atoms with van der Waals surface area (Å²) in [6.07, 6.45) is 0.134. The van der Waals surface area contributed by atoms with Gasteiger partial charge in [-0.15, -0.1) is 22.7 Å². The van der Waals surface area contributed by atoms with Gasteiger partial charge in [-0.1, -0.05) is 37.8 Å². The Hall–Kier alpha value is -3.31. The molecule has 2 aromatic heterocycles. The Balaban J connectivity index is 0.000000446. The van der Waals surface area contributed by atoms with E-state index in [0.29, 0.717) is 20.5 Å². The molecular formula is C22H19BrN2O5S2. The van der Waals surface area contributed by atoms with Crippen LogP contribution >= 0.6 is 38.6 Å². The van der Waals surface area contributed by atoms with Crippen molar-refractivity contribution in [2.24, 2.45) is 0 Å². The summed E-state index contributed by atoms with van der Waals surface area (Å²) in [4.78, 5) is 32.4. The van der Waals surface area contributed by atoms with Crippen molar-refractivity contribution in [3.8, 4) is 12.1 Å². The van der Waals surface area contributed by atoms with Crippen LogP contribution in [-0.4, -0.2) is 27.9 Å². The van der Waals surface area contributed by atoms with Crippen molar-refractivity contribution in [2.75, 3.05) is 0 Å². The number of rotatable bonds is 5. The van der Waals surface area contributed by atoms with Gasteiger partial charge in [-0.2, -0.15) is 10.5 Å². The van der Waals surface area contributed by atoms with Crippen LogP contribution in [0.2, 0.25) is 0 Å². The van der Waals surface area contributed by atoms with Crippen molar-refractivity contribution in [2.45, 2.75) is 20.3 Å². The first kappa shape index (κ1) is 28.7. The number of carbonyl (C=O) groups excluding carboxylic acids is 1. The molecule has 0 unspecified atom stereocenters. The standard InChI is InChI=1S/C9H7NO.C7H5NO2S.C5H3BrO2S.CH4/c10-7-6-9(11)8-4-2-1-3-5-8;8-3-1-5-2-4-11-6(5)7(9)10;6-3-1-2-9-4(3)5(7)8;/h1-5H,6H2;2,4H,1H2,(H,9,10);1-2H,(H,7,8);1H4. The van der Waals surface area contributed by atoms with E-state index in [0.717, 1.165) is 11.3 Å². The zero-order valence-electron chi connectivity index (χ0n) is 15.8. The number of nitrogens with zero attached hydrogens (tertiary/aromatic N) is 2. The zero-order valence-corrected chi connectivity index (χ0v) is 19.0. The molecule has 2 heterocycles. The topological polar surface area (TPSA) is 139 Å². The van der Waals surface area contributed by atoms with Crippen LogP contribution < -0.4 is 0 Å². The van der Waals surface area contributed by atoms with Crippen LogP contribution in [0.1, 0.15) is 49.1 Å². The maximum Gasteiger partial charge on any atom is 0.347 e. The van der Waals surface area contributed by atoms with Crippen molar-refractivity contribution < 1.29 is 24.6 Å². The van der Waals surface area contributed by atoms with Crippen LogP contribution in [0.5, 0.6) is 0 Å². The third-order valence-corrected chi connectivity index (χ3v) is 6.13. The lowest BCUT2D eigenvalue weighted by atomic mass is 10.1. The van der Waals surface area contributed by atoms with E-state index in [9.17, 15) is 14.4 Å². The molecule has 0 radical (unpaired) electrons. The molecule has 7 nitrogen and oxygen atoms in total. The molecule has 2 N–H and O–H groups in total. The summed E-state index contributed by atoms with van der Waals surface area (Å²) in [5.41, 5.74) is 1.21. The average molecular weight is 535 g/mol. The van der Waals surface area contributed by atoms with Gasteiger partial charge in [0.05, 0.1) is 25.0 Å². The summed E-state index contributed by atoms with van der Waals surface area (Å²) in [5.74, 6) is -1.95. The van der Waals surface area contributed by atoms with Crippen molar-refractivity contribution in [3.63, 3.8) is 0 Å². The van der Waals surface area contributed by atoms with Gasteiger partial charge in [0.1, 0.15) is 9.75 Å². The van der Waals surface area contributed by atoms with Crippen LogP contribution in [0.3, 0.4) is 0 Å². The number of thiophene rings is 2. The van der Waals surface area contributed by atoms with Gasteiger partial charge in [-0.25, -0.2) is 9.59 Å². The molecule has 0 aliphatic rings. The molecule has 1 aromatic carbocycles. The highest BCUT2D eigenvalue weighted by Gasteiger charge is 2.10. The molecule has 0 fully saturated rings. The molecule has 0 saturated carbocycles. The Morgan fingerprint density at radius 1 is 0.875 bits per heavy atom. The predicted octanol–water partition coefficient (Wildman–Crippen LogP) is 6.14. The monoisotopic (exact) mass is 534 g/mol. The second-order valence-corrected chi connectivity index (χ2v) is 8.13. The molecular weight excluding hydrogens is 516 g/mol. The Kier molecular flexibility index (Phi) is 13.9. The number of Topliss-reactive ketones (excluding diaryl/α,β-unsaturated/α-hetero) is 1. The predicted molar refractivity (Wildman–Crippen MR) is 127 cm³/mol. The van der Waals surface area contributed by atoms with E-state index in [1.807, 2.05) is 18.2 Å². The summed E-state index contributed by atoms with van der Waals surface area (Å²) in [5, 5.41) is 37.0. The zero-order chi connectivity index (χ0) is 23.2. The summed E-state index contributed by atoms with van der Waals surface area (Å²) in [6, 6.07) is 15.9. The van der Waals surface area contributed by atoms with Crippen LogP contribution in [0, 0.1) is 22.7 Å². The molecule has 0 bridgehead atoms. The third-order valence-electron chi connectivity index (χ3n) is 3.36. The molecule has 0 atom stereocenters. The van der Waals surface area contributed by atoms with Crippen molar-refractivity contribution in [1.29, 1.82) is 10.5 Å². The number of hydrogen-bond donors (Lipinski definition) is 2. The smallest absolute Gasteiger partial charge is 0.347 e. The Morgan fingerprint density at radius 2 is 1.44 bits per heavy atom. The van der Waals surface area contributed by atoms with Gasteiger partial charge in [0, 0.05) is 10.0 Å². The first-order chi connectivity index (χ1) is 14.8. The fraction of sp³-hybridized carbons (Fsp3) is 0.136. The first-order valence-corrected chi connectivity index (χ1v) is 10.9. The van der Waals surface area contributed by atoms with Crippen molar-refractivity contribution >= 4 is 56.3 Å².